The number of likely N-dealkylation sites (N-methyl/N-ethyl adjacent to an activating group) is 1. The summed E-state index contributed by atoms with van der Waals surface area (Å²) < 4.78 is 5.19. The van der Waals surface area contributed by atoms with E-state index in [0.717, 1.165) is 19.1 Å². The standard InChI is InChI=1S/C11H19NO3/c1-11(2,3)15-10(14)12(4)9(7-13)8-5-6-8/h7-9H,5-6H2,1-4H3. The van der Waals surface area contributed by atoms with Crippen LogP contribution in [0.3, 0.4) is 0 Å². The fourth-order valence-corrected chi connectivity index (χ4v) is 1.41. The lowest BCUT2D eigenvalue weighted by molar-refractivity contribution is -0.112. The number of carbonyl (C=O) groups excluding carboxylic acids is 2. The molecule has 1 unspecified atom stereocenters. The van der Waals surface area contributed by atoms with E-state index in [1.165, 1.54) is 4.90 Å². The molecule has 4 heteroatoms. The normalized spacial score (nSPS) is 18.1. The number of aldehydes is 1. The summed E-state index contributed by atoms with van der Waals surface area (Å²) in [6.45, 7) is 5.43. The van der Waals surface area contributed by atoms with Gasteiger partial charge in [0.15, 0.2) is 0 Å². The van der Waals surface area contributed by atoms with Gasteiger partial charge in [-0.25, -0.2) is 4.79 Å². The van der Waals surface area contributed by atoms with Crippen LogP contribution in [0.25, 0.3) is 0 Å². The van der Waals surface area contributed by atoms with Crippen molar-refractivity contribution in [2.45, 2.75) is 45.3 Å². The summed E-state index contributed by atoms with van der Waals surface area (Å²) in [4.78, 5) is 23.9. The molecule has 1 fully saturated rings. The summed E-state index contributed by atoms with van der Waals surface area (Å²) >= 11 is 0. The van der Waals surface area contributed by atoms with Crippen molar-refractivity contribution in [1.29, 1.82) is 0 Å². The molecule has 0 bridgehead atoms. The van der Waals surface area contributed by atoms with Gasteiger partial charge in [-0.3, -0.25) is 0 Å². The van der Waals surface area contributed by atoms with E-state index in [9.17, 15) is 9.59 Å². The first kappa shape index (κ1) is 12.0. The zero-order valence-electron chi connectivity index (χ0n) is 9.82. The van der Waals surface area contributed by atoms with Gasteiger partial charge in [-0.15, -0.1) is 0 Å². The molecule has 1 saturated carbocycles. The molecule has 0 heterocycles. The van der Waals surface area contributed by atoms with Gasteiger partial charge in [-0.2, -0.15) is 0 Å². The molecule has 0 aromatic rings. The smallest absolute Gasteiger partial charge is 0.410 e. The van der Waals surface area contributed by atoms with Crippen LogP contribution < -0.4 is 0 Å². The number of ether oxygens (including phenoxy) is 1. The highest BCUT2D eigenvalue weighted by Gasteiger charge is 2.36. The Morgan fingerprint density at radius 1 is 1.47 bits per heavy atom. The predicted molar refractivity (Wildman–Crippen MR) is 56.6 cm³/mol. The minimum absolute atomic E-state index is 0.320. The zero-order valence-corrected chi connectivity index (χ0v) is 9.82. The third-order valence-electron chi connectivity index (χ3n) is 2.37. The molecule has 0 aromatic carbocycles. The summed E-state index contributed by atoms with van der Waals surface area (Å²) in [6.07, 6.45) is 2.46. The van der Waals surface area contributed by atoms with Crippen molar-refractivity contribution in [3.63, 3.8) is 0 Å². The molecule has 0 aliphatic heterocycles. The van der Waals surface area contributed by atoms with Crippen LogP contribution in [0.15, 0.2) is 0 Å². The second-order valence-corrected chi connectivity index (χ2v) is 5.06. The van der Waals surface area contributed by atoms with Crippen molar-refractivity contribution in [3.05, 3.63) is 0 Å². The van der Waals surface area contributed by atoms with Crippen LogP contribution in [0, 0.1) is 5.92 Å². The Kier molecular flexibility index (Phi) is 3.37. The predicted octanol–water partition coefficient (Wildman–Crippen LogP) is 1.83. The molecule has 1 aliphatic rings. The molecule has 4 nitrogen and oxygen atoms in total. The van der Waals surface area contributed by atoms with Crippen molar-refractivity contribution < 1.29 is 14.3 Å². The molecular formula is C11H19NO3. The maximum atomic E-state index is 11.6. The number of nitrogens with zero attached hydrogens (tertiary/aromatic N) is 1. The maximum Gasteiger partial charge on any atom is 0.410 e. The Balaban J connectivity index is 2.54. The molecule has 1 rings (SSSR count). The van der Waals surface area contributed by atoms with Crippen LogP contribution in [-0.2, 0) is 9.53 Å². The van der Waals surface area contributed by atoms with Crippen molar-refractivity contribution in [3.8, 4) is 0 Å². The van der Waals surface area contributed by atoms with Gasteiger partial charge in [-0.05, 0) is 39.5 Å². The summed E-state index contributed by atoms with van der Waals surface area (Å²) in [6, 6.07) is -0.320. The SMILES string of the molecule is CN(C(=O)OC(C)(C)C)C(C=O)C1CC1. The Morgan fingerprint density at radius 2 is 2.00 bits per heavy atom. The molecule has 0 spiro atoms. The molecular weight excluding hydrogens is 194 g/mol. The Hall–Kier alpha value is -1.06. The zero-order chi connectivity index (χ0) is 11.6. The Labute approximate surface area is 90.6 Å². The minimum atomic E-state index is -0.512. The van der Waals surface area contributed by atoms with E-state index in [-0.39, 0.29) is 6.04 Å². The highest BCUT2D eigenvalue weighted by atomic mass is 16.6. The second-order valence-electron chi connectivity index (χ2n) is 5.06. The van der Waals surface area contributed by atoms with E-state index in [1.54, 1.807) is 7.05 Å². The second kappa shape index (κ2) is 4.21. The molecule has 0 N–H and O–H groups in total. The molecule has 1 aliphatic carbocycles. The minimum Gasteiger partial charge on any atom is -0.444 e. The van der Waals surface area contributed by atoms with E-state index in [1.807, 2.05) is 20.8 Å². The number of hydrogen-bond donors (Lipinski definition) is 0. The van der Waals surface area contributed by atoms with Crippen LogP contribution >= 0.6 is 0 Å². The number of rotatable bonds is 3. The third-order valence-corrected chi connectivity index (χ3v) is 2.37. The number of carbonyl (C=O) groups is 2. The number of amides is 1. The summed E-state index contributed by atoms with van der Waals surface area (Å²) in [5, 5.41) is 0. The van der Waals surface area contributed by atoms with Gasteiger partial charge in [0.05, 0.1) is 6.04 Å². The molecule has 15 heavy (non-hydrogen) atoms. The van der Waals surface area contributed by atoms with Crippen LogP contribution in [0.1, 0.15) is 33.6 Å². The number of hydrogen-bond acceptors (Lipinski definition) is 3. The monoisotopic (exact) mass is 213 g/mol. The third kappa shape index (κ3) is 3.53. The molecule has 86 valence electrons. The Bertz CT molecular complexity index is 253. The van der Waals surface area contributed by atoms with Crippen molar-refractivity contribution in [2.75, 3.05) is 7.05 Å². The van der Waals surface area contributed by atoms with Crippen LogP contribution in [-0.4, -0.2) is 36.0 Å². The van der Waals surface area contributed by atoms with Gasteiger partial charge in [0, 0.05) is 7.05 Å². The fourth-order valence-electron chi connectivity index (χ4n) is 1.41. The van der Waals surface area contributed by atoms with Crippen LogP contribution in [0.5, 0.6) is 0 Å². The first-order chi connectivity index (χ1) is 6.85. The van der Waals surface area contributed by atoms with E-state index in [2.05, 4.69) is 0 Å². The van der Waals surface area contributed by atoms with Crippen molar-refractivity contribution >= 4 is 12.4 Å². The molecule has 0 saturated heterocycles. The average molecular weight is 213 g/mol. The van der Waals surface area contributed by atoms with E-state index < -0.39 is 11.7 Å². The van der Waals surface area contributed by atoms with E-state index in [4.69, 9.17) is 4.74 Å². The maximum absolute atomic E-state index is 11.6. The highest BCUT2D eigenvalue weighted by molar-refractivity contribution is 5.73. The lowest BCUT2D eigenvalue weighted by Gasteiger charge is -2.27. The molecule has 0 aromatic heterocycles. The molecule has 1 amide bonds. The van der Waals surface area contributed by atoms with Crippen LogP contribution in [0.4, 0.5) is 4.79 Å². The van der Waals surface area contributed by atoms with Crippen molar-refractivity contribution in [1.82, 2.24) is 4.90 Å². The topological polar surface area (TPSA) is 46.6 Å². The molecule has 0 radical (unpaired) electrons. The van der Waals surface area contributed by atoms with Crippen molar-refractivity contribution in [2.24, 2.45) is 5.92 Å². The van der Waals surface area contributed by atoms with E-state index in [0.29, 0.717) is 5.92 Å². The van der Waals surface area contributed by atoms with Gasteiger partial charge >= 0.3 is 6.09 Å². The summed E-state index contributed by atoms with van der Waals surface area (Å²) in [7, 11) is 1.62. The van der Waals surface area contributed by atoms with Gasteiger partial charge in [0.2, 0.25) is 0 Å². The van der Waals surface area contributed by atoms with Gasteiger partial charge < -0.3 is 14.4 Å². The lowest BCUT2D eigenvalue weighted by atomic mass is 10.2. The van der Waals surface area contributed by atoms with E-state index >= 15 is 0 Å². The average Bonchev–Trinajstić information content (AvgIpc) is 2.86. The Morgan fingerprint density at radius 3 is 2.33 bits per heavy atom. The first-order valence-corrected chi connectivity index (χ1v) is 5.26. The first-order valence-electron chi connectivity index (χ1n) is 5.26. The summed E-state index contributed by atoms with van der Waals surface area (Å²) in [5.74, 6) is 0.333. The fraction of sp³-hybridized carbons (Fsp3) is 0.818. The molecule has 1 atom stereocenters. The largest absolute Gasteiger partial charge is 0.444 e. The van der Waals surface area contributed by atoms with Gasteiger partial charge in [-0.1, -0.05) is 0 Å². The van der Waals surface area contributed by atoms with Crippen LogP contribution in [0.2, 0.25) is 0 Å². The quantitative estimate of drug-likeness (QED) is 0.672. The van der Waals surface area contributed by atoms with Gasteiger partial charge in [0.1, 0.15) is 11.9 Å². The van der Waals surface area contributed by atoms with Gasteiger partial charge in [0.25, 0.3) is 0 Å². The highest BCUT2D eigenvalue weighted by Crippen LogP contribution is 2.34. The summed E-state index contributed by atoms with van der Waals surface area (Å²) in [5.41, 5.74) is -0.512. The lowest BCUT2D eigenvalue weighted by Crippen LogP contribution is -2.42.